The number of rotatable bonds is 6. The monoisotopic (exact) mass is 395 g/mol. The molecule has 0 saturated carbocycles. The van der Waals surface area contributed by atoms with Gasteiger partial charge >= 0.3 is 0 Å². The molecule has 0 aliphatic carbocycles. The van der Waals surface area contributed by atoms with Gasteiger partial charge in [0, 0.05) is 11.9 Å². The van der Waals surface area contributed by atoms with Crippen LogP contribution in [0.5, 0.6) is 5.75 Å². The Labute approximate surface area is 157 Å². The van der Waals surface area contributed by atoms with E-state index in [1.54, 1.807) is 12.1 Å². The Bertz CT molecular complexity index is 878. The minimum Gasteiger partial charge on any atom is -0.497 e. The molecule has 1 saturated heterocycles. The molecule has 0 radical (unpaired) electrons. The van der Waals surface area contributed by atoms with Crippen LogP contribution >= 0.6 is 11.3 Å². The van der Waals surface area contributed by atoms with Crippen molar-refractivity contribution in [1.29, 1.82) is 0 Å². The molecule has 0 bridgehead atoms. The Hall–Kier alpha value is -1.97. The second-order valence-corrected chi connectivity index (χ2v) is 8.98. The summed E-state index contributed by atoms with van der Waals surface area (Å²) in [5.41, 5.74) is 0.781. The van der Waals surface area contributed by atoms with Crippen molar-refractivity contribution in [2.24, 2.45) is 0 Å². The molecule has 1 atom stereocenters. The number of carbonyl (C=O) groups excluding carboxylic acids is 1. The van der Waals surface area contributed by atoms with Crippen molar-refractivity contribution < 1.29 is 17.9 Å². The molecule has 1 amide bonds. The summed E-state index contributed by atoms with van der Waals surface area (Å²) in [6.45, 7) is 2.54. The van der Waals surface area contributed by atoms with Crippen LogP contribution in [-0.2, 0) is 21.4 Å². The Morgan fingerprint density at radius 1 is 1.38 bits per heavy atom. The van der Waals surface area contributed by atoms with Gasteiger partial charge in [0.1, 0.15) is 11.8 Å². The smallest absolute Gasteiger partial charge is 0.243 e. The second-order valence-electron chi connectivity index (χ2n) is 6.02. The molecule has 0 spiro atoms. The van der Waals surface area contributed by atoms with Crippen molar-refractivity contribution in [3.63, 3.8) is 0 Å². The van der Waals surface area contributed by atoms with Gasteiger partial charge in [-0.3, -0.25) is 4.79 Å². The molecule has 2 heterocycles. The van der Waals surface area contributed by atoms with Crippen LogP contribution in [0.1, 0.15) is 23.5 Å². The third-order valence-electron chi connectivity index (χ3n) is 4.28. The quantitative estimate of drug-likeness (QED) is 0.807. The maximum Gasteiger partial charge on any atom is 0.243 e. The predicted molar refractivity (Wildman–Crippen MR) is 98.6 cm³/mol. The first kappa shape index (κ1) is 18.8. The van der Waals surface area contributed by atoms with Crippen molar-refractivity contribution in [3.8, 4) is 5.75 Å². The number of nitrogens with zero attached hydrogens (tertiary/aromatic N) is 2. The maximum absolute atomic E-state index is 12.9. The van der Waals surface area contributed by atoms with E-state index in [0.29, 0.717) is 31.7 Å². The molecule has 140 valence electrons. The maximum atomic E-state index is 12.9. The molecule has 1 aromatic heterocycles. The number of aryl methyl sites for hydroxylation is 1. The molecule has 1 fully saturated rings. The van der Waals surface area contributed by atoms with E-state index in [0.717, 1.165) is 10.7 Å². The summed E-state index contributed by atoms with van der Waals surface area (Å²) < 4.78 is 32.2. The third kappa shape index (κ3) is 3.89. The molecule has 1 N–H and O–H groups in total. The number of benzene rings is 1. The summed E-state index contributed by atoms with van der Waals surface area (Å²) in [5.74, 6) is 0.295. The van der Waals surface area contributed by atoms with Gasteiger partial charge in [-0.15, -0.1) is 11.3 Å². The van der Waals surface area contributed by atoms with Gasteiger partial charge in [0.25, 0.3) is 0 Å². The highest BCUT2D eigenvalue weighted by Gasteiger charge is 2.39. The zero-order chi connectivity index (χ0) is 18.7. The topological polar surface area (TPSA) is 88.6 Å². The lowest BCUT2D eigenvalue weighted by Crippen LogP contribution is -2.45. The first-order chi connectivity index (χ1) is 12.4. The number of carbonyl (C=O) groups is 1. The molecule has 1 aliphatic heterocycles. The molecular weight excluding hydrogens is 374 g/mol. The minimum atomic E-state index is -3.73. The minimum absolute atomic E-state index is 0.160. The molecule has 1 aliphatic rings. The molecular formula is C17H21N3O4S2. The third-order valence-corrected chi connectivity index (χ3v) is 7.03. The van der Waals surface area contributed by atoms with Gasteiger partial charge in [-0.1, -0.05) is 0 Å². The Morgan fingerprint density at radius 3 is 2.73 bits per heavy atom. The van der Waals surface area contributed by atoms with Crippen LogP contribution in [0.25, 0.3) is 0 Å². The van der Waals surface area contributed by atoms with Crippen LogP contribution in [-0.4, -0.2) is 43.3 Å². The number of ether oxygens (including phenoxy) is 1. The van der Waals surface area contributed by atoms with Gasteiger partial charge in [-0.2, -0.15) is 4.31 Å². The fourth-order valence-electron chi connectivity index (χ4n) is 2.96. The number of nitrogens with one attached hydrogen (secondary N) is 1. The van der Waals surface area contributed by atoms with Gasteiger partial charge in [0.15, 0.2) is 0 Å². The molecule has 26 heavy (non-hydrogen) atoms. The van der Waals surface area contributed by atoms with Crippen LogP contribution < -0.4 is 10.1 Å². The van der Waals surface area contributed by atoms with E-state index in [1.807, 2.05) is 12.3 Å². The number of amides is 1. The summed E-state index contributed by atoms with van der Waals surface area (Å²) >= 11 is 1.51. The summed E-state index contributed by atoms with van der Waals surface area (Å²) in [4.78, 5) is 17.0. The van der Waals surface area contributed by atoms with Gasteiger partial charge in [-0.05, 0) is 44.0 Å². The van der Waals surface area contributed by atoms with Crippen molar-refractivity contribution in [1.82, 2.24) is 14.6 Å². The zero-order valence-corrected chi connectivity index (χ0v) is 16.3. The summed E-state index contributed by atoms with van der Waals surface area (Å²) in [5, 5.41) is 5.62. The van der Waals surface area contributed by atoms with Crippen molar-refractivity contribution in [2.45, 2.75) is 37.2 Å². The van der Waals surface area contributed by atoms with E-state index in [9.17, 15) is 13.2 Å². The van der Waals surface area contributed by atoms with Gasteiger partial charge in [0.05, 0.1) is 29.3 Å². The highest BCUT2D eigenvalue weighted by atomic mass is 32.2. The van der Waals surface area contributed by atoms with E-state index in [-0.39, 0.29) is 10.8 Å². The average Bonchev–Trinajstić information content (AvgIpc) is 3.29. The fourth-order valence-corrected chi connectivity index (χ4v) is 5.23. The largest absolute Gasteiger partial charge is 0.497 e. The lowest BCUT2D eigenvalue weighted by molar-refractivity contribution is -0.124. The van der Waals surface area contributed by atoms with Crippen molar-refractivity contribution in [3.05, 3.63) is 40.3 Å². The number of aromatic nitrogens is 1. The van der Waals surface area contributed by atoms with Crippen LogP contribution in [0.3, 0.4) is 0 Å². The molecule has 3 rings (SSSR count). The normalized spacial score (nSPS) is 18.0. The fraction of sp³-hybridized carbons (Fsp3) is 0.412. The SMILES string of the molecule is COc1ccc(S(=O)(=O)N2CCC[C@@H]2C(=O)NCc2csc(C)n2)cc1. The van der Waals surface area contributed by atoms with Crippen LogP contribution in [0.2, 0.25) is 0 Å². The van der Waals surface area contributed by atoms with E-state index in [4.69, 9.17) is 4.74 Å². The summed E-state index contributed by atoms with van der Waals surface area (Å²) in [6, 6.07) is 5.51. The lowest BCUT2D eigenvalue weighted by Gasteiger charge is -2.23. The van der Waals surface area contributed by atoms with Crippen LogP contribution in [0, 0.1) is 6.92 Å². The number of thiazole rings is 1. The molecule has 0 unspecified atom stereocenters. The van der Waals surface area contributed by atoms with Crippen LogP contribution in [0.4, 0.5) is 0 Å². The van der Waals surface area contributed by atoms with E-state index < -0.39 is 16.1 Å². The second kappa shape index (κ2) is 7.73. The Balaban J connectivity index is 1.72. The van der Waals surface area contributed by atoms with Crippen molar-refractivity contribution in [2.75, 3.05) is 13.7 Å². The number of sulfonamides is 1. The van der Waals surface area contributed by atoms with E-state index in [2.05, 4.69) is 10.3 Å². The summed E-state index contributed by atoms with van der Waals surface area (Å²) in [6.07, 6.45) is 1.17. The highest BCUT2D eigenvalue weighted by Crippen LogP contribution is 2.27. The lowest BCUT2D eigenvalue weighted by atomic mass is 10.2. The van der Waals surface area contributed by atoms with E-state index in [1.165, 1.54) is 34.9 Å². The molecule has 1 aromatic carbocycles. The average molecular weight is 396 g/mol. The van der Waals surface area contributed by atoms with Crippen LogP contribution in [0.15, 0.2) is 34.5 Å². The van der Waals surface area contributed by atoms with E-state index >= 15 is 0 Å². The molecule has 7 nitrogen and oxygen atoms in total. The number of hydrogen-bond acceptors (Lipinski definition) is 6. The van der Waals surface area contributed by atoms with Gasteiger partial charge in [0.2, 0.25) is 15.9 Å². The number of hydrogen-bond donors (Lipinski definition) is 1. The first-order valence-electron chi connectivity index (χ1n) is 8.26. The summed E-state index contributed by atoms with van der Waals surface area (Å²) in [7, 11) is -2.21. The highest BCUT2D eigenvalue weighted by molar-refractivity contribution is 7.89. The Morgan fingerprint density at radius 2 is 2.12 bits per heavy atom. The first-order valence-corrected chi connectivity index (χ1v) is 10.6. The molecule has 9 heteroatoms. The standard InChI is InChI=1S/C17H21N3O4S2/c1-12-19-13(11-25-12)10-18-17(21)16-4-3-9-20(16)26(22,23)15-7-5-14(24-2)6-8-15/h5-8,11,16H,3-4,9-10H2,1-2H3,(H,18,21)/t16-/m1/s1. The Kier molecular flexibility index (Phi) is 5.59. The molecule has 2 aromatic rings. The zero-order valence-electron chi connectivity index (χ0n) is 14.6. The predicted octanol–water partition coefficient (Wildman–Crippen LogP) is 1.93. The van der Waals surface area contributed by atoms with Gasteiger partial charge < -0.3 is 10.1 Å². The van der Waals surface area contributed by atoms with Crippen molar-refractivity contribution >= 4 is 27.3 Å². The number of methoxy groups -OCH3 is 1. The van der Waals surface area contributed by atoms with Gasteiger partial charge in [-0.25, -0.2) is 13.4 Å².